The quantitative estimate of drug-likeness (QED) is 0.640. The Balaban J connectivity index is 4.10. The molecule has 0 amide bonds. The molecular formula is C12H24O2. The van der Waals surface area contributed by atoms with E-state index < -0.39 is 0 Å². The molecule has 0 bridgehead atoms. The molecular weight excluding hydrogens is 176 g/mol. The van der Waals surface area contributed by atoms with Crippen molar-refractivity contribution in [1.82, 2.24) is 0 Å². The van der Waals surface area contributed by atoms with E-state index in [1.54, 1.807) is 13.2 Å². The summed E-state index contributed by atoms with van der Waals surface area (Å²) in [6.07, 6.45) is 6.88. The molecule has 0 aliphatic rings. The zero-order valence-electron chi connectivity index (χ0n) is 9.92. The van der Waals surface area contributed by atoms with Gasteiger partial charge in [-0.2, -0.15) is 0 Å². The maximum absolute atomic E-state index is 8.64. The number of hydrogen-bond acceptors (Lipinski definition) is 2. The van der Waals surface area contributed by atoms with Crippen molar-refractivity contribution in [2.45, 2.75) is 45.6 Å². The van der Waals surface area contributed by atoms with E-state index in [-0.39, 0.29) is 12.2 Å². The first kappa shape index (κ1) is 13.7. The number of aliphatic hydroxyl groups is 1. The standard InChI is InChI=1S/C12H24O2/c1-5-11(2)10-12(3,14-4)8-6-7-9-13/h6-7,11,13H,5,8-10H2,1-4H3/b7-6+. The van der Waals surface area contributed by atoms with Crippen LogP contribution < -0.4 is 0 Å². The molecule has 0 aromatic rings. The summed E-state index contributed by atoms with van der Waals surface area (Å²) in [6, 6.07) is 0. The molecule has 2 heteroatoms. The Kier molecular flexibility index (Phi) is 6.85. The topological polar surface area (TPSA) is 29.5 Å². The van der Waals surface area contributed by atoms with Crippen LogP contribution in [0.25, 0.3) is 0 Å². The fraction of sp³-hybridized carbons (Fsp3) is 0.833. The van der Waals surface area contributed by atoms with E-state index in [1.807, 2.05) is 6.08 Å². The second kappa shape index (κ2) is 7.02. The lowest BCUT2D eigenvalue weighted by Crippen LogP contribution is -2.28. The molecule has 0 radical (unpaired) electrons. The normalized spacial score (nSPS) is 18.4. The third-order valence-electron chi connectivity index (χ3n) is 2.79. The minimum Gasteiger partial charge on any atom is -0.392 e. The molecule has 1 N–H and O–H groups in total. The second-order valence-corrected chi connectivity index (χ2v) is 4.23. The van der Waals surface area contributed by atoms with Crippen LogP contribution in [0.3, 0.4) is 0 Å². The maximum atomic E-state index is 8.64. The molecule has 0 aromatic heterocycles. The monoisotopic (exact) mass is 200 g/mol. The van der Waals surface area contributed by atoms with Gasteiger partial charge in [-0.25, -0.2) is 0 Å². The molecule has 2 atom stereocenters. The van der Waals surface area contributed by atoms with Gasteiger partial charge in [0.2, 0.25) is 0 Å². The van der Waals surface area contributed by atoms with Gasteiger partial charge in [0.15, 0.2) is 0 Å². The lowest BCUT2D eigenvalue weighted by molar-refractivity contribution is -0.0102. The van der Waals surface area contributed by atoms with E-state index in [1.165, 1.54) is 6.42 Å². The smallest absolute Gasteiger partial charge is 0.0687 e. The maximum Gasteiger partial charge on any atom is 0.0687 e. The summed E-state index contributed by atoms with van der Waals surface area (Å²) >= 11 is 0. The molecule has 84 valence electrons. The summed E-state index contributed by atoms with van der Waals surface area (Å²) in [7, 11) is 1.76. The summed E-state index contributed by atoms with van der Waals surface area (Å²) in [5, 5.41) is 8.64. The molecule has 14 heavy (non-hydrogen) atoms. The molecule has 0 aliphatic heterocycles. The number of aliphatic hydroxyl groups excluding tert-OH is 1. The average molecular weight is 200 g/mol. The predicted molar refractivity (Wildman–Crippen MR) is 60.3 cm³/mol. The average Bonchev–Trinajstić information content (AvgIpc) is 2.18. The van der Waals surface area contributed by atoms with Crippen molar-refractivity contribution in [3.8, 4) is 0 Å². The Hall–Kier alpha value is -0.340. The highest BCUT2D eigenvalue weighted by atomic mass is 16.5. The van der Waals surface area contributed by atoms with E-state index in [0.717, 1.165) is 12.8 Å². The Labute approximate surface area is 88.0 Å². The van der Waals surface area contributed by atoms with Crippen molar-refractivity contribution in [2.75, 3.05) is 13.7 Å². The van der Waals surface area contributed by atoms with Gasteiger partial charge in [-0.3, -0.25) is 0 Å². The van der Waals surface area contributed by atoms with Gasteiger partial charge in [-0.15, -0.1) is 0 Å². The van der Waals surface area contributed by atoms with Gasteiger partial charge < -0.3 is 9.84 Å². The highest BCUT2D eigenvalue weighted by molar-refractivity contribution is 4.90. The van der Waals surface area contributed by atoms with E-state index in [0.29, 0.717) is 5.92 Å². The number of rotatable bonds is 7. The van der Waals surface area contributed by atoms with Crippen LogP contribution >= 0.6 is 0 Å². The van der Waals surface area contributed by atoms with Crippen LogP contribution in [0.5, 0.6) is 0 Å². The third kappa shape index (κ3) is 5.40. The first-order valence-corrected chi connectivity index (χ1v) is 5.39. The summed E-state index contributed by atoms with van der Waals surface area (Å²) < 4.78 is 5.52. The van der Waals surface area contributed by atoms with Gasteiger partial charge in [0.05, 0.1) is 12.2 Å². The van der Waals surface area contributed by atoms with Crippen LogP contribution in [-0.2, 0) is 4.74 Å². The fourth-order valence-electron chi connectivity index (χ4n) is 1.54. The first-order chi connectivity index (χ1) is 6.58. The van der Waals surface area contributed by atoms with Crippen LogP contribution in [0, 0.1) is 5.92 Å². The number of methoxy groups -OCH3 is 1. The van der Waals surface area contributed by atoms with Gasteiger partial charge in [-0.05, 0) is 25.7 Å². The summed E-state index contributed by atoms with van der Waals surface area (Å²) in [5.41, 5.74) is -0.0822. The molecule has 2 unspecified atom stereocenters. The van der Waals surface area contributed by atoms with Crippen LogP contribution in [0.2, 0.25) is 0 Å². The zero-order valence-corrected chi connectivity index (χ0v) is 9.92. The number of hydrogen-bond donors (Lipinski definition) is 1. The van der Waals surface area contributed by atoms with E-state index in [4.69, 9.17) is 9.84 Å². The van der Waals surface area contributed by atoms with Crippen molar-refractivity contribution in [2.24, 2.45) is 5.92 Å². The van der Waals surface area contributed by atoms with Crippen molar-refractivity contribution in [1.29, 1.82) is 0 Å². The Morgan fingerprint density at radius 3 is 2.50 bits per heavy atom. The molecule has 0 saturated carbocycles. The SMILES string of the molecule is CCC(C)CC(C)(C/C=C/CO)OC. The number of ether oxygens (including phenoxy) is 1. The molecule has 0 fully saturated rings. The molecule has 0 spiro atoms. The molecule has 0 aromatic carbocycles. The molecule has 0 saturated heterocycles. The van der Waals surface area contributed by atoms with Crippen LogP contribution in [0.15, 0.2) is 12.2 Å². The highest BCUT2D eigenvalue weighted by Gasteiger charge is 2.23. The Morgan fingerprint density at radius 1 is 1.43 bits per heavy atom. The second-order valence-electron chi connectivity index (χ2n) is 4.23. The van der Waals surface area contributed by atoms with Gasteiger partial charge >= 0.3 is 0 Å². The van der Waals surface area contributed by atoms with E-state index >= 15 is 0 Å². The lowest BCUT2D eigenvalue weighted by atomic mass is 9.88. The van der Waals surface area contributed by atoms with E-state index in [9.17, 15) is 0 Å². The molecule has 0 rings (SSSR count). The predicted octanol–water partition coefficient (Wildman–Crippen LogP) is 2.77. The first-order valence-electron chi connectivity index (χ1n) is 5.39. The molecule has 0 heterocycles. The van der Waals surface area contributed by atoms with Gasteiger partial charge in [-0.1, -0.05) is 32.4 Å². The molecule has 0 aliphatic carbocycles. The minimum atomic E-state index is -0.0822. The van der Waals surface area contributed by atoms with Crippen molar-refractivity contribution < 1.29 is 9.84 Å². The largest absolute Gasteiger partial charge is 0.392 e. The van der Waals surface area contributed by atoms with Crippen LogP contribution in [-0.4, -0.2) is 24.4 Å². The third-order valence-corrected chi connectivity index (χ3v) is 2.79. The van der Waals surface area contributed by atoms with Gasteiger partial charge in [0.25, 0.3) is 0 Å². The van der Waals surface area contributed by atoms with Crippen LogP contribution in [0.1, 0.15) is 40.0 Å². The minimum absolute atomic E-state index is 0.0822. The summed E-state index contributed by atoms with van der Waals surface area (Å²) in [5.74, 6) is 0.683. The zero-order chi connectivity index (χ0) is 11.0. The van der Waals surface area contributed by atoms with Crippen LogP contribution in [0.4, 0.5) is 0 Å². The summed E-state index contributed by atoms with van der Waals surface area (Å²) in [4.78, 5) is 0. The highest BCUT2D eigenvalue weighted by Crippen LogP contribution is 2.25. The van der Waals surface area contributed by atoms with Gasteiger partial charge in [0.1, 0.15) is 0 Å². The molecule has 2 nitrogen and oxygen atoms in total. The fourth-order valence-corrected chi connectivity index (χ4v) is 1.54. The Morgan fingerprint density at radius 2 is 2.07 bits per heavy atom. The van der Waals surface area contributed by atoms with Crippen molar-refractivity contribution in [3.05, 3.63) is 12.2 Å². The van der Waals surface area contributed by atoms with Crippen molar-refractivity contribution >= 4 is 0 Å². The van der Waals surface area contributed by atoms with Crippen molar-refractivity contribution in [3.63, 3.8) is 0 Å². The Bertz CT molecular complexity index is 166. The van der Waals surface area contributed by atoms with Gasteiger partial charge in [0, 0.05) is 7.11 Å². The van der Waals surface area contributed by atoms with E-state index in [2.05, 4.69) is 20.8 Å². The lowest BCUT2D eigenvalue weighted by Gasteiger charge is -2.29. The summed E-state index contributed by atoms with van der Waals surface area (Å²) in [6.45, 7) is 6.68.